The molecular formula is C19H23ClN6S. The van der Waals surface area contributed by atoms with Crippen LogP contribution in [0.15, 0.2) is 47.0 Å². The number of hydrogen-bond acceptors (Lipinski definition) is 4. The molecule has 142 valence electrons. The Morgan fingerprint density at radius 3 is 2.63 bits per heavy atom. The molecule has 3 rings (SSSR count). The highest BCUT2D eigenvalue weighted by molar-refractivity contribution is 7.09. The van der Waals surface area contributed by atoms with E-state index >= 15 is 0 Å². The normalized spacial score (nSPS) is 11.8. The van der Waals surface area contributed by atoms with Crippen molar-refractivity contribution in [3.05, 3.63) is 63.3 Å². The third kappa shape index (κ3) is 5.30. The second kappa shape index (κ2) is 9.01. The SMILES string of the molecule is CN=C(NCc1cnn(-c2ccc(Cl)cc2)c1)NCc1nc(C(C)C)cs1. The van der Waals surface area contributed by atoms with E-state index in [-0.39, 0.29) is 0 Å². The number of aromatic nitrogens is 3. The van der Waals surface area contributed by atoms with Crippen molar-refractivity contribution in [1.82, 2.24) is 25.4 Å². The number of hydrogen-bond donors (Lipinski definition) is 2. The van der Waals surface area contributed by atoms with Crippen molar-refractivity contribution >= 4 is 28.9 Å². The Labute approximate surface area is 168 Å². The minimum absolute atomic E-state index is 0.449. The van der Waals surface area contributed by atoms with E-state index in [0.717, 1.165) is 27.9 Å². The summed E-state index contributed by atoms with van der Waals surface area (Å²) in [6.07, 6.45) is 3.82. The van der Waals surface area contributed by atoms with Crippen LogP contribution in [0, 0.1) is 0 Å². The van der Waals surface area contributed by atoms with Crippen LogP contribution in [0.5, 0.6) is 0 Å². The van der Waals surface area contributed by atoms with Crippen LogP contribution < -0.4 is 10.6 Å². The highest BCUT2D eigenvalue weighted by Gasteiger charge is 2.07. The fraction of sp³-hybridized carbons (Fsp3) is 0.316. The second-order valence-corrected chi connectivity index (χ2v) is 7.75. The predicted octanol–water partition coefficient (Wildman–Crippen LogP) is 3.97. The lowest BCUT2D eigenvalue weighted by atomic mass is 10.2. The molecular weight excluding hydrogens is 380 g/mol. The fourth-order valence-electron chi connectivity index (χ4n) is 2.42. The molecule has 0 bridgehead atoms. The van der Waals surface area contributed by atoms with Gasteiger partial charge in [0.05, 0.1) is 24.1 Å². The molecule has 0 aliphatic heterocycles. The van der Waals surface area contributed by atoms with Gasteiger partial charge in [0.15, 0.2) is 5.96 Å². The van der Waals surface area contributed by atoms with Crippen LogP contribution in [0.3, 0.4) is 0 Å². The van der Waals surface area contributed by atoms with Gasteiger partial charge in [-0.25, -0.2) is 9.67 Å². The van der Waals surface area contributed by atoms with E-state index < -0.39 is 0 Å². The average Bonchev–Trinajstić information content (AvgIpc) is 3.32. The van der Waals surface area contributed by atoms with Gasteiger partial charge in [0.2, 0.25) is 0 Å². The van der Waals surface area contributed by atoms with Crippen LogP contribution >= 0.6 is 22.9 Å². The van der Waals surface area contributed by atoms with Gasteiger partial charge in [-0.1, -0.05) is 25.4 Å². The molecule has 0 saturated heterocycles. The third-order valence-corrected chi connectivity index (χ3v) is 5.10. The zero-order chi connectivity index (χ0) is 19.2. The molecule has 2 heterocycles. The molecule has 0 radical (unpaired) electrons. The molecule has 0 fully saturated rings. The Morgan fingerprint density at radius 1 is 1.22 bits per heavy atom. The number of nitrogens with one attached hydrogen (secondary N) is 2. The lowest BCUT2D eigenvalue weighted by Gasteiger charge is -2.10. The van der Waals surface area contributed by atoms with E-state index in [0.29, 0.717) is 24.0 Å². The highest BCUT2D eigenvalue weighted by atomic mass is 35.5. The van der Waals surface area contributed by atoms with E-state index in [1.165, 1.54) is 0 Å². The maximum Gasteiger partial charge on any atom is 0.191 e. The predicted molar refractivity (Wildman–Crippen MR) is 112 cm³/mol. The number of rotatable bonds is 6. The van der Waals surface area contributed by atoms with E-state index in [9.17, 15) is 0 Å². The number of halogens is 1. The molecule has 3 aromatic rings. The van der Waals surface area contributed by atoms with Gasteiger partial charge in [-0.2, -0.15) is 5.10 Å². The van der Waals surface area contributed by atoms with Crippen molar-refractivity contribution in [2.24, 2.45) is 4.99 Å². The van der Waals surface area contributed by atoms with Gasteiger partial charge in [-0.3, -0.25) is 4.99 Å². The van der Waals surface area contributed by atoms with Gasteiger partial charge in [-0.05, 0) is 30.2 Å². The highest BCUT2D eigenvalue weighted by Crippen LogP contribution is 2.17. The van der Waals surface area contributed by atoms with E-state index in [1.807, 2.05) is 41.3 Å². The van der Waals surface area contributed by atoms with Crippen molar-refractivity contribution in [2.75, 3.05) is 7.05 Å². The molecule has 8 heteroatoms. The maximum absolute atomic E-state index is 5.93. The van der Waals surface area contributed by atoms with E-state index in [4.69, 9.17) is 11.6 Å². The molecule has 2 N–H and O–H groups in total. The molecule has 1 aromatic carbocycles. The molecule has 0 amide bonds. The smallest absolute Gasteiger partial charge is 0.191 e. The molecule has 0 saturated carbocycles. The molecule has 0 spiro atoms. The zero-order valence-corrected chi connectivity index (χ0v) is 17.2. The van der Waals surface area contributed by atoms with Crippen LogP contribution in [0.2, 0.25) is 5.02 Å². The molecule has 6 nitrogen and oxygen atoms in total. The van der Waals surface area contributed by atoms with Gasteiger partial charge >= 0.3 is 0 Å². The van der Waals surface area contributed by atoms with E-state index in [1.54, 1.807) is 18.4 Å². The standard InChI is InChI=1S/C19H23ClN6S/c1-13(2)17-12-27-18(25-17)10-23-19(21-3)22-8-14-9-24-26(11-14)16-6-4-15(20)5-7-16/h4-7,9,11-13H,8,10H2,1-3H3,(H2,21,22,23). The monoisotopic (exact) mass is 402 g/mol. The van der Waals surface area contributed by atoms with Crippen molar-refractivity contribution < 1.29 is 0 Å². The topological polar surface area (TPSA) is 67.1 Å². The minimum Gasteiger partial charge on any atom is -0.352 e. The van der Waals surface area contributed by atoms with Crippen LogP contribution in [-0.2, 0) is 13.1 Å². The molecule has 0 aliphatic carbocycles. The Hall–Kier alpha value is -2.38. The summed E-state index contributed by atoms with van der Waals surface area (Å²) in [6.45, 7) is 5.58. The molecule has 27 heavy (non-hydrogen) atoms. The van der Waals surface area contributed by atoms with Crippen LogP contribution in [0.1, 0.15) is 36.0 Å². The van der Waals surface area contributed by atoms with Crippen LogP contribution in [0.25, 0.3) is 5.69 Å². The number of nitrogens with zero attached hydrogens (tertiary/aromatic N) is 4. The van der Waals surface area contributed by atoms with Gasteiger partial charge in [0.1, 0.15) is 5.01 Å². The van der Waals surface area contributed by atoms with Gasteiger partial charge in [0.25, 0.3) is 0 Å². The van der Waals surface area contributed by atoms with Gasteiger partial charge in [0, 0.05) is 35.8 Å². The molecule has 0 unspecified atom stereocenters. The van der Waals surface area contributed by atoms with Crippen LogP contribution in [-0.4, -0.2) is 27.8 Å². The first-order chi connectivity index (χ1) is 13.0. The first kappa shape index (κ1) is 19.4. The van der Waals surface area contributed by atoms with Crippen molar-refractivity contribution in [3.63, 3.8) is 0 Å². The molecule has 2 aromatic heterocycles. The summed E-state index contributed by atoms with van der Waals surface area (Å²) in [7, 11) is 1.76. The van der Waals surface area contributed by atoms with Gasteiger partial charge < -0.3 is 10.6 Å². The Balaban J connectivity index is 1.52. The van der Waals surface area contributed by atoms with Crippen molar-refractivity contribution in [1.29, 1.82) is 0 Å². The first-order valence-electron chi connectivity index (χ1n) is 8.73. The van der Waals surface area contributed by atoms with Crippen molar-refractivity contribution in [3.8, 4) is 5.69 Å². The number of benzene rings is 1. The summed E-state index contributed by atoms with van der Waals surface area (Å²) in [6, 6.07) is 7.58. The maximum atomic E-state index is 5.93. The summed E-state index contributed by atoms with van der Waals surface area (Å²) < 4.78 is 1.83. The Bertz CT molecular complexity index is 897. The lowest BCUT2D eigenvalue weighted by molar-refractivity contribution is 0.785. The van der Waals surface area contributed by atoms with Gasteiger partial charge in [-0.15, -0.1) is 11.3 Å². The number of thiazole rings is 1. The molecule has 0 aliphatic rings. The summed E-state index contributed by atoms with van der Waals surface area (Å²) in [5.41, 5.74) is 3.16. The lowest BCUT2D eigenvalue weighted by Crippen LogP contribution is -2.36. The Kier molecular flexibility index (Phi) is 6.47. The fourth-order valence-corrected chi connectivity index (χ4v) is 3.44. The summed E-state index contributed by atoms with van der Waals surface area (Å²) in [5, 5.41) is 14.9. The summed E-state index contributed by atoms with van der Waals surface area (Å²) in [4.78, 5) is 8.89. The summed E-state index contributed by atoms with van der Waals surface area (Å²) >= 11 is 7.60. The number of aliphatic imine (C=N–C) groups is 1. The zero-order valence-electron chi connectivity index (χ0n) is 15.6. The Morgan fingerprint density at radius 2 is 1.96 bits per heavy atom. The van der Waals surface area contributed by atoms with Crippen molar-refractivity contribution in [2.45, 2.75) is 32.9 Å². The van der Waals surface area contributed by atoms with E-state index in [2.05, 4.69) is 44.9 Å². The first-order valence-corrected chi connectivity index (χ1v) is 9.99. The quantitative estimate of drug-likeness (QED) is 0.483. The second-order valence-electron chi connectivity index (χ2n) is 6.37. The largest absolute Gasteiger partial charge is 0.352 e. The van der Waals surface area contributed by atoms with Crippen LogP contribution in [0.4, 0.5) is 0 Å². The summed E-state index contributed by atoms with van der Waals surface area (Å²) in [5.74, 6) is 1.18. The average molecular weight is 403 g/mol. The third-order valence-electron chi connectivity index (χ3n) is 3.98. The molecule has 0 atom stereocenters. The minimum atomic E-state index is 0.449. The number of guanidine groups is 1.